The van der Waals surface area contributed by atoms with E-state index >= 15 is 0 Å². The smallest absolute Gasteiger partial charge is 0.336 e. The maximum absolute atomic E-state index is 11.8. The van der Waals surface area contributed by atoms with Crippen LogP contribution in [0.2, 0.25) is 0 Å². The molecule has 6 nitrogen and oxygen atoms in total. The van der Waals surface area contributed by atoms with Gasteiger partial charge in [-0.15, -0.1) is 11.3 Å². The SMILES string of the molecule is Cc1ccc(/C=N\NC(=O)COc2ccc3c(C)cc(=O)oc3c2)s1. The molecule has 2 heterocycles. The molecule has 0 aliphatic rings. The van der Waals surface area contributed by atoms with E-state index in [1.165, 1.54) is 10.9 Å². The van der Waals surface area contributed by atoms with Gasteiger partial charge in [0.1, 0.15) is 11.3 Å². The van der Waals surface area contributed by atoms with Crippen molar-refractivity contribution >= 4 is 34.4 Å². The van der Waals surface area contributed by atoms with E-state index in [0.717, 1.165) is 15.8 Å². The fraction of sp³-hybridized carbons (Fsp3) is 0.167. The van der Waals surface area contributed by atoms with Crippen LogP contribution < -0.4 is 15.8 Å². The van der Waals surface area contributed by atoms with Crippen molar-refractivity contribution in [3.8, 4) is 5.75 Å². The maximum atomic E-state index is 11.8. The minimum atomic E-state index is -0.418. The number of nitrogens with zero attached hydrogens (tertiary/aromatic N) is 1. The Balaban J connectivity index is 1.59. The zero-order chi connectivity index (χ0) is 17.8. The third-order valence-electron chi connectivity index (χ3n) is 3.43. The van der Waals surface area contributed by atoms with E-state index < -0.39 is 5.63 Å². The molecule has 0 atom stereocenters. The Morgan fingerprint density at radius 2 is 2.12 bits per heavy atom. The molecule has 7 heteroatoms. The van der Waals surface area contributed by atoms with Crippen molar-refractivity contribution in [1.29, 1.82) is 0 Å². The Kier molecular flexibility index (Phi) is 4.95. The minimum Gasteiger partial charge on any atom is -0.484 e. The van der Waals surface area contributed by atoms with E-state index in [9.17, 15) is 9.59 Å². The number of fused-ring (bicyclic) bond motifs is 1. The van der Waals surface area contributed by atoms with Gasteiger partial charge < -0.3 is 9.15 Å². The van der Waals surface area contributed by atoms with Crippen LogP contribution in [0.5, 0.6) is 5.75 Å². The predicted molar refractivity (Wildman–Crippen MR) is 97.5 cm³/mol. The molecule has 2 aromatic heterocycles. The fourth-order valence-electron chi connectivity index (χ4n) is 2.27. The first-order chi connectivity index (χ1) is 12.0. The van der Waals surface area contributed by atoms with Gasteiger partial charge in [0.2, 0.25) is 0 Å². The first-order valence-corrected chi connectivity index (χ1v) is 8.38. The van der Waals surface area contributed by atoms with Crippen molar-refractivity contribution < 1.29 is 13.9 Å². The summed E-state index contributed by atoms with van der Waals surface area (Å²) in [6, 6.07) is 10.4. The van der Waals surface area contributed by atoms with Gasteiger partial charge in [-0.2, -0.15) is 5.10 Å². The number of thiophene rings is 1. The topological polar surface area (TPSA) is 80.9 Å². The number of nitrogens with one attached hydrogen (secondary N) is 1. The number of carbonyl (C=O) groups is 1. The van der Waals surface area contributed by atoms with Crippen LogP contribution >= 0.6 is 11.3 Å². The van der Waals surface area contributed by atoms with E-state index in [1.54, 1.807) is 35.8 Å². The molecule has 25 heavy (non-hydrogen) atoms. The average molecular weight is 356 g/mol. The average Bonchev–Trinajstić information content (AvgIpc) is 2.97. The van der Waals surface area contributed by atoms with Crippen LogP contribution in [0.15, 0.2) is 50.7 Å². The highest BCUT2D eigenvalue weighted by atomic mass is 32.1. The third-order valence-corrected chi connectivity index (χ3v) is 4.37. The number of rotatable bonds is 5. The Labute approximate surface area is 147 Å². The van der Waals surface area contributed by atoms with Gasteiger partial charge >= 0.3 is 5.63 Å². The number of aryl methyl sites for hydroxylation is 2. The second kappa shape index (κ2) is 7.31. The lowest BCUT2D eigenvalue weighted by atomic mass is 10.1. The zero-order valence-electron chi connectivity index (χ0n) is 13.7. The second-order valence-electron chi connectivity index (χ2n) is 5.44. The fourth-order valence-corrected chi connectivity index (χ4v) is 3.02. The van der Waals surface area contributed by atoms with Crippen molar-refractivity contribution in [2.45, 2.75) is 13.8 Å². The molecule has 0 aliphatic heterocycles. The van der Waals surface area contributed by atoms with Crippen molar-refractivity contribution in [2.75, 3.05) is 6.61 Å². The van der Waals surface area contributed by atoms with Crippen LogP contribution in [0.25, 0.3) is 11.0 Å². The summed E-state index contributed by atoms with van der Waals surface area (Å²) in [4.78, 5) is 25.3. The second-order valence-corrected chi connectivity index (χ2v) is 6.76. The molecular formula is C18H16N2O4S. The van der Waals surface area contributed by atoms with E-state index in [-0.39, 0.29) is 12.5 Å². The van der Waals surface area contributed by atoms with Crippen LogP contribution in [0.1, 0.15) is 15.3 Å². The standard InChI is InChI=1S/C18H16N2O4S/c1-11-7-18(22)24-16-8-13(4-6-15(11)16)23-10-17(21)20-19-9-14-5-3-12(2)25-14/h3-9H,10H2,1-2H3,(H,20,21)/b19-9-. The van der Waals surface area contributed by atoms with Crippen LogP contribution in [0.4, 0.5) is 0 Å². The lowest BCUT2D eigenvalue weighted by Crippen LogP contribution is -2.24. The monoisotopic (exact) mass is 356 g/mol. The normalized spacial score (nSPS) is 11.1. The summed E-state index contributed by atoms with van der Waals surface area (Å²) >= 11 is 1.59. The van der Waals surface area contributed by atoms with Crippen molar-refractivity contribution in [3.63, 3.8) is 0 Å². The summed E-state index contributed by atoms with van der Waals surface area (Å²) in [5, 5.41) is 4.71. The molecule has 1 amide bonds. The molecule has 0 saturated heterocycles. The largest absolute Gasteiger partial charge is 0.484 e. The van der Waals surface area contributed by atoms with Crippen molar-refractivity contribution in [3.05, 3.63) is 62.1 Å². The molecular weight excluding hydrogens is 340 g/mol. The van der Waals surface area contributed by atoms with E-state index in [4.69, 9.17) is 9.15 Å². The number of hydrogen-bond donors (Lipinski definition) is 1. The van der Waals surface area contributed by atoms with Gasteiger partial charge in [-0.05, 0) is 43.7 Å². The van der Waals surface area contributed by atoms with E-state index in [0.29, 0.717) is 11.3 Å². The molecule has 0 bridgehead atoms. The molecule has 0 unspecified atom stereocenters. The number of hydrogen-bond acceptors (Lipinski definition) is 6. The molecule has 0 saturated carbocycles. The first-order valence-electron chi connectivity index (χ1n) is 7.57. The Morgan fingerprint density at radius 3 is 2.88 bits per heavy atom. The highest BCUT2D eigenvalue weighted by molar-refractivity contribution is 7.13. The lowest BCUT2D eigenvalue weighted by Gasteiger charge is -2.06. The number of amides is 1. The summed E-state index contributed by atoms with van der Waals surface area (Å²) < 4.78 is 10.6. The quantitative estimate of drug-likeness (QED) is 0.433. The van der Waals surface area contributed by atoms with Crippen LogP contribution in [0, 0.1) is 13.8 Å². The number of carbonyl (C=O) groups excluding carboxylic acids is 1. The van der Waals surface area contributed by atoms with Gasteiger partial charge in [-0.25, -0.2) is 10.2 Å². The number of hydrazone groups is 1. The maximum Gasteiger partial charge on any atom is 0.336 e. The molecule has 128 valence electrons. The summed E-state index contributed by atoms with van der Waals surface area (Å²) in [7, 11) is 0. The van der Waals surface area contributed by atoms with Gasteiger partial charge in [-0.1, -0.05) is 0 Å². The summed E-state index contributed by atoms with van der Waals surface area (Å²) in [5.41, 5.74) is 3.24. The molecule has 3 aromatic rings. The minimum absolute atomic E-state index is 0.192. The molecule has 3 rings (SSSR count). The van der Waals surface area contributed by atoms with Crippen LogP contribution in [-0.4, -0.2) is 18.7 Å². The van der Waals surface area contributed by atoms with Crippen molar-refractivity contribution in [1.82, 2.24) is 5.43 Å². The zero-order valence-corrected chi connectivity index (χ0v) is 14.6. The molecule has 0 radical (unpaired) electrons. The number of ether oxygens (including phenoxy) is 1. The highest BCUT2D eigenvalue weighted by Crippen LogP contribution is 2.22. The van der Waals surface area contributed by atoms with Crippen molar-refractivity contribution in [2.24, 2.45) is 5.10 Å². The van der Waals surface area contributed by atoms with Gasteiger partial charge in [0.05, 0.1) is 6.21 Å². The van der Waals surface area contributed by atoms with Gasteiger partial charge in [0.25, 0.3) is 5.91 Å². The highest BCUT2D eigenvalue weighted by Gasteiger charge is 2.06. The van der Waals surface area contributed by atoms with Gasteiger partial charge in [0.15, 0.2) is 6.61 Å². The van der Waals surface area contributed by atoms with Crippen LogP contribution in [0.3, 0.4) is 0 Å². The third kappa shape index (κ3) is 4.33. The number of benzene rings is 1. The summed E-state index contributed by atoms with van der Waals surface area (Å²) in [6.45, 7) is 3.64. The Hall–Kier alpha value is -2.93. The molecule has 0 fully saturated rings. The van der Waals surface area contributed by atoms with E-state index in [1.807, 2.05) is 26.0 Å². The molecule has 0 aliphatic carbocycles. The summed E-state index contributed by atoms with van der Waals surface area (Å²) in [5.74, 6) is 0.0598. The van der Waals surface area contributed by atoms with E-state index in [2.05, 4.69) is 10.5 Å². The Bertz CT molecular complexity index is 1000. The molecule has 1 aromatic carbocycles. The van der Waals surface area contributed by atoms with Gasteiger partial charge in [-0.3, -0.25) is 4.79 Å². The van der Waals surface area contributed by atoms with Gasteiger partial charge in [0, 0.05) is 27.3 Å². The molecule has 1 N–H and O–H groups in total. The molecule has 0 spiro atoms. The summed E-state index contributed by atoms with van der Waals surface area (Å²) in [6.07, 6.45) is 1.59. The predicted octanol–water partition coefficient (Wildman–Crippen LogP) is 3.00. The van der Waals surface area contributed by atoms with Crippen LogP contribution in [-0.2, 0) is 4.79 Å². The Morgan fingerprint density at radius 1 is 1.28 bits per heavy atom. The first kappa shape index (κ1) is 16.9. The lowest BCUT2D eigenvalue weighted by molar-refractivity contribution is -0.123.